The molecule has 1 heterocycles. The molecule has 1 aromatic carbocycles. The summed E-state index contributed by atoms with van der Waals surface area (Å²) >= 11 is 0. The van der Waals surface area contributed by atoms with E-state index in [0.29, 0.717) is 18.6 Å². The highest BCUT2D eigenvalue weighted by atomic mass is 19.4. The second kappa shape index (κ2) is 13.9. The highest BCUT2D eigenvalue weighted by Gasteiger charge is 2.39. The first-order valence-electron chi connectivity index (χ1n) is 10.1. The molecule has 2 atom stereocenters. The number of likely N-dealkylation sites (N-methyl/N-ethyl adjacent to an activating group) is 2. The summed E-state index contributed by atoms with van der Waals surface area (Å²) in [6.45, 7) is 1.52. The third-order valence-corrected chi connectivity index (χ3v) is 4.90. The molecule has 35 heavy (non-hydrogen) atoms. The third-order valence-electron chi connectivity index (χ3n) is 4.90. The minimum atomic E-state index is -5.08. The minimum absolute atomic E-state index is 0.187. The molecule has 200 valence electrons. The van der Waals surface area contributed by atoms with Gasteiger partial charge in [0.05, 0.1) is 6.54 Å². The molecular formula is C21H29F6N3O5. The van der Waals surface area contributed by atoms with E-state index in [1.165, 1.54) is 5.56 Å². The number of amides is 1. The molecular weight excluding hydrogens is 488 g/mol. The molecule has 0 saturated carbocycles. The van der Waals surface area contributed by atoms with Crippen molar-refractivity contribution in [3.05, 3.63) is 35.9 Å². The Labute approximate surface area is 198 Å². The Morgan fingerprint density at radius 3 is 1.69 bits per heavy atom. The van der Waals surface area contributed by atoms with Crippen molar-refractivity contribution in [2.75, 3.05) is 41.3 Å². The van der Waals surface area contributed by atoms with Crippen molar-refractivity contribution < 1.29 is 50.9 Å². The Hall–Kier alpha value is -2.87. The van der Waals surface area contributed by atoms with Gasteiger partial charge in [0.2, 0.25) is 5.91 Å². The molecule has 0 spiro atoms. The first-order chi connectivity index (χ1) is 15.9. The maximum absolute atomic E-state index is 12.0. The van der Waals surface area contributed by atoms with Crippen LogP contribution in [0.1, 0.15) is 12.0 Å². The van der Waals surface area contributed by atoms with E-state index in [1.54, 1.807) is 4.90 Å². The zero-order chi connectivity index (χ0) is 27.6. The second-order valence-corrected chi connectivity index (χ2v) is 7.94. The molecule has 1 amide bonds. The first-order valence-corrected chi connectivity index (χ1v) is 10.1. The lowest BCUT2D eigenvalue weighted by molar-refractivity contribution is -0.193. The SMILES string of the molecule is CN(C)C(=O)CN1CC[C@@H](N(C)C)[C@@H]1Cc1ccccc1.O=C(O)C(F)(F)F.O=C(O)C(F)(F)F. The van der Waals surface area contributed by atoms with Crippen molar-refractivity contribution in [2.45, 2.75) is 37.3 Å². The van der Waals surface area contributed by atoms with E-state index in [-0.39, 0.29) is 5.91 Å². The summed E-state index contributed by atoms with van der Waals surface area (Å²) in [5.41, 5.74) is 1.35. The number of rotatable bonds is 5. The topological polar surface area (TPSA) is 101 Å². The summed E-state index contributed by atoms with van der Waals surface area (Å²) in [5.74, 6) is -5.33. The number of carbonyl (C=O) groups is 3. The van der Waals surface area contributed by atoms with Gasteiger partial charge in [0.1, 0.15) is 0 Å². The van der Waals surface area contributed by atoms with Crippen LogP contribution in [0.3, 0.4) is 0 Å². The quantitative estimate of drug-likeness (QED) is 0.579. The van der Waals surface area contributed by atoms with Crippen molar-refractivity contribution >= 4 is 17.8 Å². The highest BCUT2D eigenvalue weighted by molar-refractivity contribution is 5.77. The summed E-state index contributed by atoms with van der Waals surface area (Å²) in [6.07, 6.45) is -8.03. The lowest BCUT2D eigenvalue weighted by Gasteiger charge is -2.31. The van der Waals surface area contributed by atoms with Crippen LogP contribution in [-0.4, -0.2) is 108 Å². The Bertz CT molecular complexity index is 792. The molecule has 0 aliphatic carbocycles. The number of aliphatic carboxylic acids is 2. The van der Waals surface area contributed by atoms with Gasteiger partial charge in [-0.2, -0.15) is 26.3 Å². The van der Waals surface area contributed by atoms with Crippen LogP contribution >= 0.6 is 0 Å². The number of benzene rings is 1. The molecule has 2 rings (SSSR count). The summed E-state index contributed by atoms with van der Waals surface area (Å²) < 4.78 is 63.5. The number of hydrogen-bond acceptors (Lipinski definition) is 5. The van der Waals surface area contributed by atoms with E-state index in [9.17, 15) is 31.1 Å². The van der Waals surface area contributed by atoms with Crippen molar-refractivity contribution in [3.8, 4) is 0 Å². The predicted octanol–water partition coefficient (Wildman–Crippen LogP) is 2.59. The van der Waals surface area contributed by atoms with Crippen molar-refractivity contribution in [1.29, 1.82) is 0 Å². The number of carbonyl (C=O) groups excluding carboxylic acids is 1. The molecule has 0 radical (unpaired) electrons. The lowest BCUT2D eigenvalue weighted by Crippen LogP contribution is -2.46. The molecule has 14 heteroatoms. The molecule has 1 aliphatic rings. The first kappa shape index (κ1) is 32.1. The normalized spacial score (nSPS) is 18.1. The summed E-state index contributed by atoms with van der Waals surface area (Å²) in [7, 11) is 7.93. The van der Waals surface area contributed by atoms with Crippen LogP contribution < -0.4 is 0 Å². The summed E-state index contributed by atoms with van der Waals surface area (Å²) in [4.78, 5) is 36.2. The Morgan fingerprint density at radius 2 is 1.34 bits per heavy atom. The average molecular weight is 517 g/mol. The van der Waals surface area contributed by atoms with E-state index in [1.807, 2.05) is 14.1 Å². The van der Waals surface area contributed by atoms with Crippen LogP contribution in [0, 0.1) is 0 Å². The summed E-state index contributed by atoms with van der Waals surface area (Å²) in [5, 5.41) is 14.2. The fourth-order valence-electron chi connectivity index (χ4n) is 3.13. The van der Waals surface area contributed by atoms with Gasteiger partial charge in [0.25, 0.3) is 0 Å². The van der Waals surface area contributed by atoms with Gasteiger partial charge >= 0.3 is 24.3 Å². The zero-order valence-electron chi connectivity index (χ0n) is 19.6. The molecule has 1 fully saturated rings. The molecule has 1 aliphatic heterocycles. The average Bonchev–Trinajstić information content (AvgIpc) is 3.10. The number of hydrogen-bond donors (Lipinski definition) is 2. The standard InChI is InChI=1S/C17H27N3O.2C2HF3O2/c1-18(2)15-10-11-20(13-17(21)19(3)4)16(15)12-14-8-6-5-7-9-14;2*3-2(4,5)1(6)7/h5-9,15-16H,10-13H2,1-4H3;2*(H,6,7)/t15-,16+;;/m1../s1. The Morgan fingerprint density at radius 1 is 0.914 bits per heavy atom. The predicted molar refractivity (Wildman–Crippen MR) is 114 cm³/mol. The van der Waals surface area contributed by atoms with Crippen molar-refractivity contribution in [3.63, 3.8) is 0 Å². The lowest BCUT2D eigenvalue weighted by atomic mass is 9.99. The van der Waals surface area contributed by atoms with E-state index >= 15 is 0 Å². The van der Waals surface area contributed by atoms with Gasteiger partial charge in [-0.15, -0.1) is 0 Å². The number of halogens is 6. The second-order valence-electron chi connectivity index (χ2n) is 7.94. The maximum Gasteiger partial charge on any atom is 0.490 e. The van der Waals surface area contributed by atoms with Gasteiger partial charge < -0.3 is 20.0 Å². The number of carboxylic acid groups (broad SMARTS) is 2. The van der Waals surface area contributed by atoms with E-state index in [4.69, 9.17) is 19.8 Å². The van der Waals surface area contributed by atoms with Crippen LogP contribution in [0.5, 0.6) is 0 Å². The number of likely N-dealkylation sites (tertiary alicyclic amines) is 1. The van der Waals surface area contributed by atoms with Gasteiger partial charge in [-0.25, -0.2) is 9.59 Å². The molecule has 0 bridgehead atoms. The van der Waals surface area contributed by atoms with Gasteiger partial charge in [-0.1, -0.05) is 30.3 Å². The highest BCUT2D eigenvalue weighted by Crippen LogP contribution is 2.24. The fourth-order valence-corrected chi connectivity index (χ4v) is 3.13. The van der Waals surface area contributed by atoms with E-state index < -0.39 is 24.3 Å². The molecule has 8 nitrogen and oxygen atoms in total. The number of nitrogens with zero attached hydrogens (tertiary/aromatic N) is 3. The van der Waals surface area contributed by atoms with Crippen LogP contribution in [0.25, 0.3) is 0 Å². The van der Waals surface area contributed by atoms with Crippen LogP contribution in [0.4, 0.5) is 26.3 Å². The monoisotopic (exact) mass is 517 g/mol. The Balaban J connectivity index is 0.000000680. The maximum atomic E-state index is 12.0. The zero-order valence-corrected chi connectivity index (χ0v) is 19.6. The van der Waals surface area contributed by atoms with Crippen LogP contribution in [0.2, 0.25) is 0 Å². The minimum Gasteiger partial charge on any atom is -0.475 e. The van der Waals surface area contributed by atoms with E-state index in [2.05, 4.69) is 54.2 Å². The number of carboxylic acids is 2. The largest absolute Gasteiger partial charge is 0.490 e. The van der Waals surface area contributed by atoms with Crippen molar-refractivity contribution in [2.24, 2.45) is 0 Å². The molecule has 0 aromatic heterocycles. The van der Waals surface area contributed by atoms with Gasteiger partial charge in [0, 0.05) is 32.7 Å². The molecule has 0 unspecified atom stereocenters. The molecule has 2 N–H and O–H groups in total. The number of alkyl halides is 6. The Kier molecular flexibility index (Phi) is 12.7. The van der Waals surface area contributed by atoms with Gasteiger partial charge in [0.15, 0.2) is 0 Å². The van der Waals surface area contributed by atoms with Gasteiger partial charge in [-0.3, -0.25) is 9.69 Å². The van der Waals surface area contributed by atoms with Gasteiger partial charge in [-0.05, 0) is 32.5 Å². The van der Waals surface area contributed by atoms with E-state index in [0.717, 1.165) is 19.4 Å². The molecule has 1 aromatic rings. The van der Waals surface area contributed by atoms with Crippen LogP contribution in [0.15, 0.2) is 30.3 Å². The fraction of sp³-hybridized carbons (Fsp3) is 0.571. The third kappa shape index (κ3) is 12.4. The summed E-state index contributed by atoms with van der Waals surface area (Å²) in [6, 6.07) is 11.5. The van der Waals surface area contributed by atoms with Crippen molar-refractivity contribution in [1.82, 2.24) is 14.7 Å². The van der Waals surface area contributed by atoms with Crippen LogP contribution in [-0.2, 0) is 20.8 Å². The smallest absolute Gasteiger partial charge is 0.475 e. The molecule has 1 saturated heterocycles.